The van der Waals surface area contributed by atoms with Gasteiger partial charge in [-0.1, -0.05) is 0 Å². The minimum Gasteiger partial charge on any atom is -0.495 e. The van der Waals surface area contributed by atoms with Crippen LogP contribution in [-0.2, 0) is 0 Å². The highest BCUT2D eigenvalue weighted by atomic mass is 79.9. The summed E-state index contributed by atoms with van der Waals surface area (Å²) in [6.07, 6.45) is 0. The van der Waals surface area contributed by atoms with E-state index in [0.717, 1.165) is 4.47 Å². The van der Waals surface area contributed by atoms with E-state index in [-0.39, 0.29) is 17.3 Å². The molecule has 7 nitrogen and oxygen atoms in total. The van der Waals surface area contributed by atoms with Crippen LogP contribution in [0.3, 0.4) is 0 Å². The number of halogens is 1. The first-order valence-electron chi connectivity index (χ1n) is 5.52. The van der Waals surface area contributed by atoms with Gasteiger partial charge in [0.15, 0.2) is 0 Å². The second-order valence-corrected chi connectivity index (χ2v) is 4.69. The number of aromatic nitrogens is 1. The summed E-state index contributed by atoms with van der Waals surface area (Å²) in [6, 6.07) is 7.88. The monoisotopic (exact) mass is 338 g/mol. The molecule has 0 radical (unpaired) electrons. The van der Waals surface area contributed by atoms with Crippen molar-refractivity contribution >= 4 is 38.9 Å². The van der Waals surface area contributed by atoms with Crippen molar-refractivity contribution in [1.29, 1.82) is 0 Å². The number of nitro groups is 1. The third kappa shape index (κ3) is 2.97. The summed E-state index contributed by atoms with van der Waals surface area (Å²) in [4.78, 5) is 14.4. The largest absolute Gasteiger partial charge is 0.495 e. The lowest BCUT2D eigenvalue weighted by Crippen LogP contribution is -2.02. The average molecular weight is 339 g/mol. The molecule has 0 fully saturated rings. The van der Waals surface area contributed by atoms with Crippen molar-refractivity contribution in [2.45, 2.75) is 0 Å². The highest BCUT2D eigenvalue weighted by molar-refractivity contribution is 9.10. The minimum absolute atomic E-state index is 0.0828. The van der Waals surface area contributed by atoms with Crippen molar-refractivity contribution in [1.82, 2.24) is 4.98 Å². The zero-order valence-electron chi connectivity index (χ0n) is 10.5. The molecule has 0 unspecified atom stereocenters. The number of ether oxygens (including phenoxy) is 1. The van der Waals surface area contributed by atoms with Gasteiger partial charge >= 0.3 is 5.69 Å². The molecule has 0 amide bonds. The van der Waals surface area contributed by atoms with Gasteiger partial charge in [-0.2, -0.15) is 0 Å². The molecule has 8 heteroatoms. The molecule has 0 saturated heterocycles. The number of pyridine rings is 1. The van der Waals surface area contributed by atoms with Gasteiger partial charge in [0.2, 0.25) is 5.82 Å². The minimum atomic E-state index is -0.523. The summed E-state index contributed by atoms with van der Waals surface area (Å²) in [5.74, 6) is 0.878. The van der Waals surface area contributed by atoms with Crippen molar-refractivity contribution in [3.8, 4) is 5.75 Å². The number of nitrogens with zero attached hydrogens (tertiary/aromatic N) is 2. The molecule has 1 aromatic heterocycles. The number of anilines is 3. The third-order valence-electron chi connectivity index (χ3n) is 2.51. The molecular weight excluding hydrogens is 328 g/mol. The highest BCUT2D eigenvalue weighted by Crippen LogP contribution is 2.31. The Kier molecular flexibility index (Phi) is 4.04. The molecule has 0 bridgehead atoms. The van der Waals surface area contributed by atoms with Crippen LogP contribution < -0.4 is 15.8 Å². The van der Waals surface area contributed by atoms with Crippen LogP contribution in [0.4, 0.5) is 23.0 Å². The average Bonchev–Trinajstić information content (AvgIpc) is 2.40. The van der Waals surface area contributed by atoms with Gasteiger partial charge in [-0.3, -0.25) is 10.1 Å². The maximum Gasteiger partial charge on any atom is 0.311 e. The predicted molar refractivity (Wildman–Crippen MR) is 79.3 cm³/mol. The quantitative estimate of drug-likeness (QED) is 0.655. The second kappa shape index (κ2) is 5.74. The van der Waals surface area contributed by atoms with Gasteiger partial charge in [0.25, 0.3) is 0 Å². The van der Waals surface area contributed by atoms with Crippen molar-refractivity contribution in [2.24, 2.45) is 0 Å². The van der Waals surface area contributed by atoms with Gasteiger partial charge in [0, 0.05) is 17.8 Å². The molecule has 104 valence electrons. The van der Waals surface area contributed by atoms with E-state index >= 15 is 0 Å². The predicted octanol–water partition coefficient (Wildman–Crippen LogP) is 3.09. The van der Waals surface area contributed by atoms with Gasteiger partial charge in [0.05, 0.1) is 16.5 Å². The normalized spacial score (nSPS) is 10.1. The molecule has 0 aliphatic heterocycles. The second-order valence-electron chi connectivity index (χ2n) is 3.84. The molecule has 1 aromatic carbocycles. The van der Waals surface area contributed by atoms with Crippen LogP contribution in [-0.4, -0.2) is 17.0 Å². The van der Waals surface area contributed by atoms with E-state index in [9.17, 15) is 10.1 Å². The van der Waals surface area contributed by atoms with Gasteiger partial charge in [-0.05, 0) is 34.1 Å². The molecule has 0 aliphatic rings. The molecule has 1 heterocycles. The van der Waals surface area contributed by atoms with E-state index in [0.29, 0.717) is 11.4 Å². The van der Waals surface area contributed by atoms with Gasteiger partial charge in [-0.15, -0.1) is 0 Å². The maximum atomic E-state index is 11.0. The van der Waals surface area contributed by atoms with Crippen LogP contribution in [0, 0.1) is 10.1 Å². The summed E-state index contributed by atoms with van der Waals surface area (Å²) in [7, 11) is 1.53. The van der Waals surface area contributed by atoms with Gasteiger partial charge in [-0.25, -0.2) is 4.98 Å². The fourth-order valence-electron chi connectivity index (χ4n) is 1.58. The van der Waals surface area contributed by atoms with E-state index in [2.05, 4.69) is 26.2 Å². The number of nitrogens with two attached hydrogens (primary N) is 1. The molecule has 3 N–H and O–H groups in total. The molecule has 20 heavy (non-hydrogen) atoms. The Hall–Kier alpha value is -2.35. The Balaban J connectivity index is 2.39. The number of hydrogen-bond acceptors (Lipinski definition) is 6. The molecule has 2 rings (SSSR count). The number of benzene rings is 1. The fourth-order valence-corrected chi connectivity index (χ4v) is 1.99. The highest BCUT2D eigenvalue weighted by Gasteiger charge is 2.16. The van der Waals surface area contributed by atoms with Gasteiger partial charge in [0.1, 0.15) is 11.6 Å². The van der Waals surface area contributed by atoms with Crippen molar-refractivity contribution in [3.05, 3.63) is 44.9 Å². The van der Waals surface area contributed by atoms with Gasteiger partial charge < -0.3 is 15.8 Å². The molecule has 0 spiro atoms. The molecule has 0 saturated carbocycles. The maximum absolute atomic E-state index is 11.0. The molecule has 2 aromatic rings. The zero-order valence-corrected chi connectivity index (χ0v) is 12.0. The lowest BCUT2D eigenvalue weighted by atomic mass is 10.3. The smallest absolute Gasteiger partial charge is 0.311 e. The van der Waals surface area contributed by atoms with E-state index in [1.807, 2.05) is 0 Å². The van der Waals surface area contributed by atoms with E-state index in [4.69, 9.17) is 10.5 Å². The lowest BCUT2D eigenvalue weighted by molar-refractivity contribution is -0.384. The Morgan fingerprint density at radius 1 is 1.40 bits per heavy atom. The topological polar surface area (TPSA) is 103 Å². The Bertz CT molecular complexity index is 663. The molecule has 0 aliphatic carbocycles. The van der Waals surface area contributed by atoms with Crippen molar-refractivity contribution < 1.29 is 9.66 Å². The lowest BCUT2D eigenvalue weighted by Gasteiger charge is -2.09. The van der Waals surface area contributed by atoms with Crippen LogP contribution in [0.2, 0.25) is 0 Å². The van der Waals surface area contributed by atoms with Crippen LogP contribution >= 0.6 is 15.9 Å². The first kappa shape index (κ1) is 14.1. The number of hydrogen-bond donors (Lipinski definition) is 2. The summed E-state index contributed by atoms with van der Waals surface area (Å²) in [6.45, 7) is 0. The number of rotatable bonds is 4. The summed E-state index contributed by atoms with van der Waals surface area (Å²) >= 11 is 3.33. The third-order valence-corrected chi connectivity index (χ3v) is 3.16. The molecule has 0 atom stereocenters. The van der Waals surface area contributed by atoms with E-state index < -0.39 is 4.92 Å². The summed E-state index contributed by atoms with van der Waals surface area (Å²) in [5, 5.41) is 13.8. The summed E-state index contributed by atoms with van der Waals surface area (Å²) < 4.78 is 5.94. The first-order valence-corrected chi connectivity index (χ1v) is 6.32. The zero-order chi connectivity index (χ0) is 14.7. The molecular formula is C12H11BrN4O3. The van der Waals surface area contributed by atoms with Crippen LogP contribution in [0.25, 0.3) is 0 Å². The Labute approximate surface area is 123 Å². The van der Waals surface area contributed by atoms with E-state index in [1.165, 1.54) is 19.2 Å². The summed E-state index contributed by atoms with van der Waals surface area (Å²) in [5.41, 5.74) is 6.01. The van der Waals surface area contributed by atoms with Crippen LogP contribution in [0.1, 0.15) is 0 Å². The Morgan fingerprint density at radius 3 is 2.80 bits per heavy atom. The van der Waals surface area contributed by atoms with Crippen molar-refractivity contribution in [2.75, 3.05) is 18.2 Å². The van der Waals surface area contributed by atoms with Crippen LogP contribution in [0.5, 0.6) is 5.75 Å². The van der Waals surface area contributed by atoms with Crippen molar-refractivity contribution in [3.63, 3.8) is 0 Å². The number of nitrogens with one attached hydrogen (secondary N) is 1. The Morgan fingerprint density at radius 2 is 2.15 bits per heavy atom. The standard InChI is InChI=1S/C12H11BrN4O3/c1-20-10-6-7(2-3-8(10)13)15-12-9(17(18)19)4-5-11(14)16-12/h2-6H,1H3,(H3,14,15,16). The van der Waals surface area contributed by atoms with Crippen LogP contribution in [0.15, 0.2) is 34.8 Å². The van der Waals surface area contributed by atoms with E-state index in [1.54, 1.807) is 18.2 Å². The number of nitrogen functional groups attached to an aromatic ring is 1. The first-order chi connectivity index (χ1) is 9.51. The fraction of sp³-hybridized carbons (Fsp3) is 0.0833. The number of methoxy groups -OCH3 is 1. The SMILES string of the molecule is COc1cc(Nc2nc(N)ccc2[N+](=O)[O-])ccc1Br.